The van der Waals surface area contributed by atoms with Crippen molar-refractivity contribution in [3.8, 4) is 0 Å². The summed E-state index contributed by atoms with van der Waals surface area (Å²) in [5, 5.41) is 9.40. The first-order valence-corrected chi connectivity index (χ1v) is 7.03. The molecule has 1 N–H and O–H groups in total. The molecule has 22 heavy (non-hydrogen) atoms. The lowest BCUT2D eigenvalue weighted by molar-refractivity contribution is 0.0695. The molecule has 0 radical (unpaired) electrons. The minimum atomic E-state index is -1.12. The van der Waals surface area contributed by atoms with Crippen molar-refractivity contribution in [2.75, 3.05) is 11.9 Å². The number of nitrogens with zero attached hydrogens (tertiary/aromatic N) is 1. The third-order valence-corrected chi connectivity index (χ3v) is 3.40. The maximum atomic E-state index is 11.5. The van der Waals surface area contributed by atoms with Crippen molar-refractivity contribution in [2.24, 2.45) is 0 Å². The van der Waals surface area contributed by atoms with Crippen LogP contribution in [0, 0.1) is 0 Å². The molecule has 0 saturated carbocycles. The summed E-state index contributed by atoms with van der Waals surface area (Å²) < 4.78 is 0. The molecule has 0 bridgehead atoms. The Morgan fingerprint density at radius 3 is 2.55 bits per heavy atom. The zero-order chi connectivity index (χ0) is 16.7. The second-order valence-electron chi connectivity index (χ2n) is 4.78. The van der Waals surface area contributed by atoms with Crippen LogP contribution in [0.2, 0.25) is 0 Å². The Balaban J connectivity index is 3.29. The first-order valence-electron chi connectivity index (χ1n) is 7.03. The van der Waals surface area contributed by atoms with Gasteiger partial charge in [0, 0.05) is 18.3 Å². The standard InChI is InChI=1S/C18H21NO3/c1-5-13(3)10-11-15(6-2)19(4)16-9-7-8-14(12-20)17(16)18(21)22/h6-12H,3,5H2,1-2,4H3,(H,21,22)/b11-10-,15-6+. The van der Waals surface area contributed by atoms with Gasteiger partial charge in [-0.1, -0.05) is 43.4 Å². The van der Waals surface area contributed by atoms with Gasteiger partial charge in [0.2, 0.25) is 0 Å². The van der Waals surface area contributed by atoms with E-state index in [-0.39, 0.29) is 11.1 Å². The van der Waals surface area contributed by atoms with Gasteiger partial charge in [-0.05, 0) is 25.5 Å². The van der Waals surface area contributed by atoms with E-state index in [1.807, 2.05) is 32.1 Å². The summed E-state index contributed by atoms with van der Waals surface area (Å²) in [6.45, 7) is 7.80. The lowest BCUT2D eigenvalue weighted by Gasteiger charge is -2.23. The molecule has 4 nitrogen and oxygen atoms in total. The molecule has 0 aliphatic carbocycles. The largest absolute Gasteiger partial charge is 0.478 e. The van der Waals surface area contributed by atoms with Gasteiger partial charge in [-0.25, -0.2) is 4.79 Å². The monoisotopic (exact) mass is 299 g/mol. The van der Waals surface area contributed by atoms with Crippen molar-refractivity contribution in [3.05, 3.63) is 65.4 Å². The highest BCUT2D eigenvalue weighted by Crippen LogP contribution is 2.26. The Bertz CT molecular complexity index is 642. The van der Waals surface area contributed by atoms with E-state index < -0.39 is 5.97 Å². The summed E-state index contributed by atoms with van der Waals surface area (Å²) in [5.74, 6) is -1.12. The third kappa shape index (κ3) is 3.95. The van der Waals surface area contributed by atoms with E-state index in [2.05, 4.69) is 6.58 Å². The molecule has 1 aromatic carbocycles. The zero-order valence-electron chi connectivity index (χ0n) is 13.2. The Kier molecular flexibility index (Phi) is 6.32. The number of benzene rings is 1. The zero-order valence-corrected chi connectivity index (χ0v) is 13.2. The number of carboxylic acid groups (broad SMARTS) is 1. The molecule has 0 fully saturated rings. The van der Waals surface area contributed by atoms with Crippen LogP contribution in [0.3, 0.4) is 0 Å². The van der Waals surface area contributed by atoms with Gasteiger partial charge in [0.15, 0.2) is 6.29 Å². The van der Waals surface area contributed by atoms with E-state index in [9.17, 15) is 14.7 Å². The lowest BCUT2D eigenvalue weighted by Crippen LogP contribution is -2.19. The SMILES string of the molecule is C=C(/C=C\C(=C/C)N(C)c1cccc(C=O)c1C(=O)O)CC. The van der Waals surface area contributed by atoms with Crippen molar-refractivity contribution in [2.45, 2.75) is 20.3 Å². The molecule has 0 amide bonds. The highest BCUT2D eigenvalue weighted by Gasteiger charge is 2.18. The second kappa shape index (κ2) is 7.98. The van der Waals surface area contributed by atoms with Gasteiger partial charge in [-0.2, -0.15) is 0 Å². The number of likely N-dealkylation sites (N-methyl/N-ethyl adjacent to an activating group) is 1. The average molecular weight is 299 g/mol. The number of carboxylic acids is 1. The number of aromatic carboxylic acids is 1. The Morgan fingerprint density at radius 1 is 1.36 bits per heavy atom. The molecule has 4 heteroatoms. The number of hydrogen-bond donors (Lipinski definition) is 1. The fourth-order valence-corrected chi connectivity index (χ4v) is 2.03. The van der Waals surface area contributed by atoms with E-state index in [0.29, 0.717) is 12.0 Å². The number of aldehydes is 1. The van der Waals surface area contributed by atoms with Gasteiger partial charge in [0.05, 0.1) is 11.3 Å². The van der Waals surface area contributed by atoms with E-state index in [4.69, 9.17) is 0 Å². The van der Waals surface area contributed by atoms with Gasteiger partial charge in [0.1, 0.15) is 0 Å². The first kappa shape index (κ1) is 17.4. The van der Waals surface area contributed by atoms with E-state index in [0.717, 1.165) is 17.7 Å². The summed E-state index contributed by atoms with van der Waals surface area (Å²) in [4.78, 5) is 24.3. The first-order chi connectivity index (χ1) is 10.5. The van der Waals surface area contributed by atoms with Crippen LogP contribution in [-0.2, 0) is 0 Å². The number of allylic oxidation sites excluding steroid dienone is 4. The molecule has 0 unspecified atom stereocenters. The molecular formula is C18H21NO3. The molecule has 0 aliphatic rings. The van der Waals surface area contributed by atoms with Gasteiger partial charge >= 0.3 is 5.97 Å². The van der Waals surface area contributed by atoms with E-state index in [1.54, 1.807) is 24.1 Å². The summed E-state index contributed by atoms with van der Waals surface area (Å²) in [5.41, 5.74) is 2.43. The number of hydrogen-bond acceptors (Lipinski definition) is 3. The normalized spacial score (nSPS) is 11.5. The minimum Gasteiger partial charge on any atom is -0.478 e. The average Bonchev–Trinajstić information content (AvgIpc) is 2.53. The molecule has 0 saturated heterocycles. The molecular weight excluding hydrogens is 278 g/mol. The lowest BCUT2D eigenvalue weighted by atomic mass is 10.0. The van der Waals surface area contributed by atoms with Crippen LogP contribution in [0.4, 0.5) is 5.69 Å². The molecule has 0 spiro atoms. The number of carbonyl (C=O) groups is 2. The van der Waals surface area contributed by atoms with Gasteiger partial charge < -0.3 is 10.0 Å². The van der Waals surface area contributed by atoms with E-state index >= 15 is 0 Å². The molecule has 0 aliphatic heterocycles. The summed E-state index contributed by atoms with van der Waals surface area (Å²) in [6, 6.07) is 4.85. The topological polar surface area (TPSA) is 57.6 Å². The number of anilines is 1. The summed E-state index contributed by atoms with van der Waals surface area (Å²) in [7, 11) is 1.77. The highest BCUT2D eigenvalue weighted by molar-refractivity contribution is 6.02. The van der Waals surface area contributed by atoms with Gasteiger partial charge in [0.25, 0.3) is 0 Å². The fraction of sp³-hybridized carbons (Fsp3) is 0.222. The Hall–Kier alpha value is -2.62. The molecule has 1 aromatic rings. The predicted molar refractivity (Wildman–Crippen MR) is 89.5 cm³/mol. The maximum Gasteiger partial charge on any atom is 0.338 e. The van der Waals surface area contributed by atoms with Crippen molar-refractivity contribution in [3.63, 3.8) is 0 Å². The fourth-order valence-electron chi connectivity index (χ4n) is 2.03. The molecule has 0 atom stereocenters. The molecule has 116 valence electrons. The van der Waals surface area contributed by atoms with Crippen LogP contribution >= 0.6 is 0 Å². The van der Waals surface area contributed by atoms with Crippen LogP contribution in [0.15, 0.2) is 54.3 Å². The van der Waals surface area contributed by atoms with Crippen LogP contribution in [0.5, 0.6) is 0 Å². The number of rotatable bonds is 7. The highest BCUT2D eigenvalue weighted by atomic mass is 16.4. The minimum absolute atomic E-state index is 0.00191. The van der Waals surface area contributed by atoms with E-state index in [1.165, 1.54) is 6.07 Å². The van der Waals surface area contributed by atoms with Crippen molar-refractivity contribution in [1.82, 2.24) is 0 Å². The molecule has 0 heterocycles. The molecule has 0 aromatic heterocycles. The van der Waals surface area contributed by atoms with Crippen LogP contribution in [0.25, 0.3) is 0 Å². The summed E-state index contributed by atoms with van der Waals surface area (Å²) in [6.07, 6.45) is 7.06. The van der Waals surface area contributed by atoms with Crippen molar-refractivity contribution >= 4 is 17.9 Å². The van der Waals surface area contributed by atoms with Crippen LogP contribution < -0.4 is 4.90 Å². The smallest absolute Gasteiger partial charge is 0.338 e. The van der Waals surface area contributed by atoms with Crippen molar-refractivity contribution < 1.29 is 14.7 Å². The third-order valence-electron chi connectivity index (χ3n) is 3.40. The predicted octanol–water partition coefficient (Wildman–Crippen LogP) is 4.06. The van der Waals surface area contributed by atoms with Gasteiger partial charge in [-0.3, -0.25) is 4.79 Å². The Labute approximate surface area is 131 Å². The number of carbonyl (C=O) groups excluding carboxylic acids is 1. The van der Waals surface area contributed by atoms with Crippen LogP contribution in [-0.4, -0.2) is 24.4 Å². The van der Waals surface area contributed by atoms with Gasteiger partial charge in [-0.15, -0.1) is 0 Å². The maximum absolute atomic E-state index is 11.5. The molecule has 1 rings (SSSR count). The second-order valence-corrected chi connectivity index (χ2v) is 4.78. The van der Waals surface area contributed by atoms with Crippen LogP contribution in [0.1, 0.15) is 41.0 Å². The Morgan fingerprint density at radius 2 is 2.05 bits per heavy atom. The quantitative estimate of drug-likeness (QED) is 0.609. The van der Waals surface area contributed by atoms with Crippen molar-refractivity contribution in [1.29, 1.82) is 0 Å². The summed E-state index contributed by atoms with van der Waals surface area (Å²) >= 11 is 0.